The third-order valence-corrected chi connectivity index (χ3v) is 4.25. The molecule has 1 amide bonds. The predicted molar refractivity (Wildman–Crippen MR) is 78.5 cm³/mol. The zero-order valence-electron chi connectivity index (χ0n) is 11.5. The van der Waals surface area contributed by atoms with Crippen molar-refractivity contribution in [3.8, 4) is 0 Å². The van der Waals surface area contributed by atoms with E-state index in [0.29, 0.717) is 23.0 Å². The van der Waals surface area contributed by atoms with Crippen LogP contribution in [0, 0.1) is 12.8 Å². The highest BCUT2D eigenvalue weighted by Crippen LogP contribution is 2.29. The molecule has 104 valence electrons. The summed E-state index contributed by atoms with van der Waals surface area (Å²) < 4.78 is 0. The first-order valence-corrected chi connectivity index (χ1v) is 7.15. The van der Waals surface area contributed by atoms with E-state index >= 15 is 0 Å². The molecule has 0 spiro atoms. The minimum Gasteiger partial charge on any atom is -0.338 e. The van der Waals surface area contributed by atoms with Gasteiger partial charge in [-0.2, -0.15) is 0 Å². The number of hydrogen-bond acceptors (Lipinski definition) is 2. The van der Waals surface area contributed by atoms with Crippen LogP contribution in [0.1, 0.15) is 35.2 Å². The fourth-order valence-electron chi connectivity index (χ4n) is 3.02. The topological polar surface area (TPSA) is 46.3 Å². The van der Waals surface area contributed by atoms with E-state index in [2.05, 4.69) is 0 Å². The van der Waals surface area contributed by atoms with Gasteiger partial charge in [0.15, 0.2) is 0 Å². The van der Waals surface area contributed by atoms with Gasteiger partial charge in [0.1, 0.15) is 0 Å². The van der Waals surface area contributed by atoms with E-state index in [1.807, 2.05) is 31.0 Å². The van der Waals surface area contributed by atoms with Crippen molar-refractivity contribution in [2.75, 3.05) is 13.6 Å². The summed E-state index contributed by atoms with van der Waals surface area (Å²) in [6.45, 7) is 2.60. The number of amides is 1. The summed E-state index contributed by atoms with van der Waals surface area (Å²) in [6.07, 6.45) is 3.32. The monoisotopic (exact) mass is 280 g/mol. The molecule has 1 fully saturated rings. The van der Waals surface area contributed by atoms with Crippen LogP contribution in [-0.4, -0.2) is 30.4 Å². The Morgan fingerprint density at radius 3 is 2.79 bits per heavy atom. The number of halogens is 1. The number of carbonyl (C=O) groups is 1. The van der Waals surface area contributed by atoms with Crippen molar-refractivity contribution >= 4 is 17.5 Å². The van der Waals surface area contributed by atoms with Crippen molar-refractivity contribution in [1.82, 2.24) is 4.90 Å². The zero-order valence-corrected chi connectivity index (χ0v) is 12.3. The summed E-state index contributed by atoms with van der Waals surface area (Å²) in [6, 6.07) is 5.74. The summed E-state index contributed by atoms with van der Waals surface area (Å²) in [5, 5.41) is 0.610. The van der Waals surface area contributed by atoms with Crippen LogP contribution in [0.15, 0.2) is 18.2 Å². The minimum atomic E-state index is 0.0379. The number of carbonyl (C=O) groups excluding carboxylic acids is 1. The van der Waals surface area contributed by atoms with Crippen LogP contribution in [0.5, 0.6) is 0 Å². The second kappa shape index (κ2) is 5.93. The highest BCUT2D eigenvalue weighted by atomic mass is 35.5. The largest absolute Gasteiger partial charge is 0.338 e. The van der Waals surface area contributed by atoms with Crippen molar-refractivity contribution < 1.29 is 4.79 Å². The molecule has 0 aromatic heterocycles. The van der Waals surface area contributed by atoms with Gasteiger partial charge >= 0.3 is 0 Å². The maximum absolute atomic E-state index is 12.5. The molecule has 0 radical (unpaired) electrons. The molecule has 1 saturated carbocycles. The SMILES string of the molecule is Cc1cc(Cl)cc(C(=O)N(C)C2CCCC2CN)c1. The van der Waals surface area contributed by atoms with Gasteiger partial charge in [-0.3, -0.25) is 4.79 Å². The lowest BCUT2D eigenvalue weighted by molar-refractivity contribution is 0.0700. The van der Waals surface area contributed by atoms with Crippen LogP contribution in [0.4, 0.5) is 0 Å². The fraction of sp³-hybridized carbons (Fsp3) is 0.533. The van der Waals surface area contributed by atoms with Crippen molar-refractivity contribution in [3.63, 3.8) is 0 Å². The van der Waals surface area contributed by atoms with Crippen molar-refractivity contribution in [2.24, 2.45) is 11.7 Å². The quantitative estimate of drug-likeness (QED) is 0.925. The first kappa shape index (κ1) is 14.4. The van der Waals surface area contributed by atoms with E-state index in [9.17, 15) is 4.79 Å². The first-order chi connectivity index (χ1) is 9.02. The molecule has 1 aliphatic carbocycles. The summed E-state index contributed by atoms with van der Waals surface area (Å²) in [4.78, 5) is 14.4. The Kier molecular flexibility index (Phi) is 4.48. The third-order valence-electron chi connectivity index (χ3n) is 4.03. The van der Waals surface area contributed by atoms with Crippen LogP contribution in [-0.2, 0) is 0 Å². The van der Waals surface area contributed by atoms with E-state index in [-0.39, 0.29) is 11.9 Å². The van der Waals surface area contributed by atoms with Crippen LogP contribution in [0.25, 0.3) is 0 Å². The van der Waals surface area contributed by atoms with E-state index in [1.165, 1.54) is 0 Å². The summed E-state index contributed by atoms with van der Waals surface area (Å²) in [5.74, 6) is 0.463. The number of aryl methyl sites for hydroxylation is 1. The lowest BCUT2D eigenvalue weighted by atomic mass is 10.0. The maximum atomic E-state index is 12.5. The van der Waals surface area contributed by atoms with Crippen LogP contribution in [0.2, 0.25) is 5.02 Å². The number of nitrogens with two attached hydrogens (primary N) is 1. The second-order valence-corrected chi connectivity index (χ2v) is 5.86. The molecule has 0 saturated heterocycles. The van der Waals surface area contributed by atoms with Gasteiger partial charge in [-0.25, -0.2) is 0 Å². The van der Waals surface area contributed by atoms with E-state index < -0.39 is 0 Å². The Hall–Kier alpha value is -1.06. The standard InChI is InChI=1S/C15H21ClN2O/c1-10-6-12(8-13(16)7-10)15(19)18(2)14-5-3-4-11(14)9-17/h6-8,11,14H,3-5,9,17H2,1-2H3. The number of rotatable bonds is 3. The van der Waals surface area contributed by atoms with Crippen molar-refractivity contribution in [2.45, 2.75) is 32.2 Å². The van der Waals surface area contributed by atoms with Crippen molar-refractivity contribution in [1.29, 1.82) is 0 Å². The summed E-state index contributed by atoms with van der Waals surface area (Å²) in [7, 11) is 1.87. The number of hydrogen-bond donors (Lipinski definition) is 1. The molecule has 3 nitrogen and oxygen atoms in total. The molecule has 2 rings (SSSR count). The molecule has 1 aliphatic rings. The smallest absolute Gasteiger partial charge is 0.253 e. The highest BCUT2D eigenvalue weighted by Gasteiger charge is 2.32. The first-order valence-electron chi connectivity index (χ1n) is 6.77. The fourth-order valence-corrected chi connectivity index (χ4v) is 3.31. The highest BCUT2D eigenvalue weighted by molar-refractivity contribution is 6.31. The Morgan fingerprint density at radius 1 is 1.42 bits per heavy atom. The van der Waals surface area contributed by atoms with Crippen LogP contribution < -0.4 is 5.73 Å². The van der Waals surface area contributed by atoms with Gasteiger partial charge in [0.2, 0.25) is 0 Å². The third kappa shape index (κ3) is 3.10. The predicted octanol–water partition coefficient (Wildman–Crippen LogP) is 2.85. The Balaban J connectivity index is 2.18. The van der Waals surface area contributed by atoms with Gasteiger partial charge in [0.05, 0.1) is 0 Å². The zero-order chi connectivity index (χ0) is 14.0. The molecule has 2 N–H and O–H groups in total. The molecule has 0 heterocycles. The lowest BCUT2D eigenvalue weighted by Crippen LogP contribution is -2.41. The number of nitrogens with zero attached hydrogens (tertiary/aromatic N) is 1. The van der Waals surface area contributed by atoms with E-state index in [1.54, 1.807) is 6.07 Å². The van der Waals surface area contributed by atoms with Gasteiger partial charge in [0, 0.05) is 23.7 Å². The average molecular weight is 281 g/mol. The summed E-state index contributed by atoms with van der Waals surface area (Å²) >= 11 is 6.02. The maximum Gasteiger partial charge on any atom is 0.253 e. The van der Waals surface area contributed by atoms with Crippen molar-refractivity contribution in [3.05, 3.63) is 34.3 Å². The van der Waals surface area contributed by atoms with Gasteiger partial charge in [0.25, 0.3) is 5.91 Å². The molecule has 19 heavy (non-hydrogen) atoms. The molecule has 1 aromatic carbocycles. The van der Waals surface area contributed by atoms with Gasteiger partial charge in [-0.15, -0.1) is 0 Å². The van der Waals surface area contributed by atoms with E-state index in [0.717, 1.165) is 24.8 Å². The molecule has 2 atom stereocenters. The average Bonchev–Trinajstić information content (AvgIpc) is 2.84. The molecule has 4 heteroatoms. The summed E-state index contributed by atoms with van der Waals surface area (Å²) in [5.41, 5.74) is 7.46. The van der Waals surface area contributed by atoms with Gasteiger partial charge < -0.3 is 10.6 Å². The van der Waals surface area contributed by atoms with Crippen LogP contribution >= 0.6 is 11.6 Å². The van der Waals surface area contributed by atoms with Gasteiger partial charge in [-0.05, 0) is 56.0 Å². The molecule has 1 aromatic rings. The molecule has 0 aliphatic heterocycles. The Bertz CT molecular complexity index is 455. The molecular formula is C15H21ClN2O. The lowest BCUT2D eigenvalue weighted by Gasteiger charge is -2.29. The van der Waals surface area contributed by atoms with Crippen LogP contribution in [0.3, 0.4) is 0 Å². The van der Waals surface area contributed by atoms with E-state index in [4.69, 9.17) is 17.3 Å². The Morgan fingerprint density at radius 2 is 2.16 bits per heavy atom. The minimum absolute atomic E-state index is 0.0379. The number of benzene rings is 1. The molecule has 0 bridgehead atoms. The molecule has 2 unspecified atom stereocenters. The Labute approximate surface area is 119 Å². The molecular weight excluding hydrogens is 260 g/mol. The second-order valence-electron chi connectivity index (χ2n) is 5.43. The normalized spacial score (nSPS) is 22.5. The van der Waals surface area contributed by atoms with Gasteiger partial charge in [-0.1, -0.05) is 18.0 Å².